The number of amides is 2. The van der Waals surface area contributed by atoms with Gasteiger partial charge in [0.2, 0.25) is 5.91 Å². The van der Waals surface area contributed by atoms with Gasteiger partial charge in [0.25, 0.3) is 5.91 Å². The van der Waals surface area contributed by atoms with Gasteiger partial charge in [0.05, 0.1) is 5.02 Å². The molecule has 0 aliphatic carbocycles. The number of hydrogen-bond donors (Lipinski definition) is 2. The summed E-state index contributed by atoms with van der Waals surface area (Å²) in [4.78, 5) is 30.1. The van der Waals surface area contributed by atoms with Crippen LogP contribution in [0.4, 0.5) is 11.5 Å². The number of nitrogens with zero attached hydrogens (tertiary/aromatic N) is 2. The van der Waals surface area contributed by atoms with E-state index in [1.54, 1.807) is 30.5 Å². The molecule has 27 heavy (non-hydrogen) atoms. The van der Waals surface area contributed by atoms with Gasteiger partial charge in [-0.1, -0.05) is 18.2 Å². The van der Waals surface area contributed by atoms with Crippen LogP contribution in [0.3, 0.4) is 0 Å². The first-order chi connectivity index (χ1) is 13.0. The molecule has 2 N–H and O–H groups in total. The van der Waals surface area contributed by atoms with Crippen LogP contribution in [0.2, 0.25) is 5.02 Å². The van der Waals surface area contributed by atoms with E-state index in [-0.39, 0.29) is 17.9 Å². The van der Waals surface area contributed by atoms with E-state index in [9.17, 15) is 9.59 Å². The molecule has 140 valence electrons. The summed E-state index contributed by atoms with van der Waals surface area (Å²) in [7, 11) is 0. The molecule has 1 aromatic heterocycles. The highest BCUT2D eigenvalue weighted by molar-refractivity contribution is 6.31. The third kappa shape index (κ3) is 4.65. The van der Waals surface area contributed by atoms with E-state index < -0.39 is 0 Å². The first-order valence-electron chi connectivity index (χ1n) is 8.67. The average molecular weight is 385 g/mol. The van der Waals surface area contributed by atoms with E-state index >= 15 is 0 Å². The topological polar surface area (TPSA) is 74.3 Å². The summed E-state index contributed by atoms with van der Waals surface area (Å²) in [6, 6.07) is 8.90. The Morgan fingerprint density at radius 2 is 2.07 bits per heavy atom. The number of carbonyl (C=O) groups excluding carboxylic acids is 2. The molecule has 0 radical (unpaired) electrons. The Morgan fingerprint density at radius 1 is 1.33 bits per heavy atom. The van der Waals surface area contributed by atoms with Crippen molar-refractivity contribution in [3.63, 3.8) is 0 Å². The molecule has 1 aliphatic heterocycles. The maximum absolute atomic E-state index is 12.7. The van der Waals surface area contributed by atoms with Crippen molar-refractivity contribution < 1.29 is 9.59 Å². The fourth-order valence-corrected chi connectivity index (χ4v) is 3.07. The molecule has 0 bridgehead atoms. The summed E-state index contributed by atoms with van der Waals surface area (Å²) >= 11 is 6.01. The molecule has 1 aliphatic rings. The van der Waals surface area contributed by atoms with Crippen LogP contribution >= 0.6 is 11.6 Å². The van der Waals surface area contributed by atoms with Crippen molar-refractivity contribution in [3.05, 3.63) is 65.3 Å². The van der Waals surface area contributed by atoms with E-state index in [0.29, 0.717) is 29.4 Å². The minimum Gasteiger partial charge on any atom is -0.365 e. The quantitative estimate of drug-likeness (QED) is 0.774. The van der Waals surface area contributed by atoms with Gasteiger partial charge in [-0.3, -0.25) is 9.59 Å². The summed E-state index contributed by atoms with van der Waals surface area (Å²) in [6.07, 6.45) is 3.68. The Bertz CT molecular complexity index is 867. The zero-order valence-corrected chi connectivity index (χ0v) is 15.8. The maximum atomic E-state index is 12.7. The molecule has 2 heterocycles. The first-order valence-corrected chi connectivity index (χ1v) is 9.05. The van der Waals surface area contributed by atoms with Crippen LogP contribution in [0, 0.1) is 6.92 Å². The number of benzene rings is 1. The number of rotatable bonds is 5. The second-order valence-electron chi connectivity index (χ2n) is 6.47. The third-order valence-electron chi connectivity index (χ3n) is 4.46. The van der Waals surface area contributed by atoms with Gasteiger partial charge >= 0.3 is 0 Å². The summed E-state index contributed by atoms with van der Waals surface area (Å²) in [5.74, 6) is 0.452. The van der Waals surface area contributed by atoms with Crippen LogP contribution in [-0.4, -0.2) is 40.8 Å². The molecule has 0 saturated carbocycles. The van der Waals surface area contributed by atoms with Crippen LogP contribution in [0.25, 0.3) is 0 Å². The standard InChI is InChI=1S/C20H21ClN4O2/c1-3-19(26)24-15-6-4-14(5-7-15)20(27)25-9-8-16(12-25)23-18-10-13(2)17(21)11-22-18/h3-7,10-11,16H,1,8-9,12H2,2H3,(H,22,23)(H,24,26)/t16-/m0/s1. The minimum atomic E-state index is -0.284. The van der Waals surface area contributed by atoms with Gasteiger partial charge in [-0.2, -0.15) is 0 Å². The molecule has 3 rings (SSSR count). The number of aryl methyl sites for hydroxylation is 1. The molecule has 7 heteroatoms. The van der Waals surface area contributed by atoms with E-state index in [1.165, 1.54) is 6.08 Å². The van der Waals surface area contributed by atoms with Gasteiger partial charge in [-0.25, -0.2) is 4.98 Å². The molecule has 1 atom stereocenters. The summed E-state index contributed by atoms with van der Waals surface area (Å²) in [6.45, 7) is 6.63. The summed E-state index contributed by atoms with van der Waals surface area (Å²) in [5, 5.41) is 6.66. The van der Waals surface area contributed by atoms with Crippen molar-refractivity contribution in [3.8, 4) is 0 Å². The molecule has 6 nitrogen and oxygen atoms in total. The molecule has 0 unspecified atom stereocenters. The third-order valence-corrected chi connectivity index (χ3v) is 4.85. The molecular formula is C20H21ClN4O2. The molecule has 1 fully saturated rings. The van der Waals surface area contributed by atoms with Gasteiger partial charge in [-0.15, -0.1) is 0 Å². The minimum absolute atomic E-state index is 0.0267. The van der Waals surface area contributed by atoms with Crippen LogP contribution < -0.4 is 10.6 Å². The monoisotopic (exact) mass is 384 g/mol. The van der Waals surface area contributed by atoms with Gasteiger partial charge in [0.1, 0.15) is 5.82 Å². The fourth-order valence-electron chi connectivity index (χ4n) is 2.96. The van der Waals surface area contributed by atoms with Gasteiger partial charge in [0.15, 0.2) is 0 Å². The Morgan fingerprint density at radius 3 is 2.74 bits per heavy atom. The molecular weight excluding hydrogens is 364 g/mol. The average Bonchev–Trinajstić information content (AvgIpc) is 3.13. The molecule has 2 aromatic rings. The van der Waals surface area contributed by atoms with Crippen LogP contribution in [0.1, 0.15) is 22.3 Å². The number of carbonyl (C=O) groups is 2. The molecule has 1 saturated heterocycles. The zero-order chi connectivity index (χ0) is 19.4. The number of aromatic nitrogens is 1. The number of anilines is 2. The smallest absolute Gasteiger partial charge is 0.253 e. The number of nitrogens with one attached hydrogen (secondary N) is 2. The van der Waals surface area contributed by atoms with E-state index in [4.69, 9.17) is 11.6 Å². The Kier molecular flexibility index (Phi) is 5.76. The lowest BCUT2D eigenvalue weighted by molar-refractivity contribution is -0.111. The number of halogens is 1. The number of likely N-dealkylation sites (tertiary alicyclic amines) is 1. The lowest BCUT2D eigenvalue weighted by Crippen LogP contribution is -2.31. The van der Waals surface area contributed by atoms with Crippen molar-refractivity contribution in [2.45, 2.75) is 19.4 Å². The fraction of sp³-hybridized carbons (Fsp3) is 0.250. The highest BCUT2D eigenvalue weighted by atomic mass is 35.5. The second-order valence-corrected chi connectivity index (χ2v) is 6.88. The van der Waals surface area contributed by atoms with Crippen molar-refractivity contribution in [1.82, 2.24) is 9.88 Å². The first kappa shape index (κ1) is 18.9. The lowest BCUT2D eigenvalue weighted by atomic mass is 10.2. The van der Waals surface area contributed by atoms with E-state index in [1.807, 2.05) is 17.9 Å². The maximum Gasteiger partial charge on any atom is 0.253 e. The number of pyridine rings is 1. The van der Waals surface area contributed by atoms with Gasteiger partial charge in [-0.05, 0) is 55.3 Å². The molecule has 0 spiro atoms. The lowest BCUT2D eigenvalue weighted by Gasteiger charge is -2.18. The Hall–Kier alpha value is -2.86. The predicted octanol–water partition coefficient (Wildman–Crippen LogP) is 3.49. The summed E-state index contributed by atoms with van der Waals surface area (Å²) in [5.41, 5.74) is 2.18. The predicted molar refractivity (Wildman–Crippen MR) is 107 cm³/mol. The van der Waals surface area contributed by atoms with Crippen molar-refractivity contribution >= 4 is 34.9 Å². The largest absolute Gasteiger partial charge is 0.365 e. The zero-order valence-electron chi connectivity index (χ0n) is 15.0. The van der Waals surface area contributed by atoms with E-state index in [0.717, 1.165) is 17.8 Å². The normalized spacial score (nSPS) is 16.1. The van der Waals surface area contributed by atoms with Crippen molar-refractivity contribution in [2.24, 2.45) is 0 Å². The van der Waals surface area contributed by atoms with Crippen molar-refractivity contribution in [1.29, 1.82) is 0 Å². The Balaban J connectivity index is 1.59. The second kappa shape index (κ2) is 8.22. The highest BCUT2D eigenvalue weighted by Crippen LogP contribution is 2.21. The van der Waals surface area contributed by atoms with Crippen LogP contribution in [0.5, 0.6) is 0 Å². The SMILES string of the molecule is C=CC(=O)Nc1ccc(C(=O)N2CC[C@H](Nc3cc(C)c(Cl)cn3)C2)cc1. The van der Waals surface area contributed by atoms with Crippen LogP contribution in [0.15, 0.2) is 49.2 Å². The van der Waals surface area contributed by atoms with Gasteiger partial charge < -0.3 is 15.5 Å². The number of hydrogen-bond acceptors (Lipinski definition) is 4. The molecule has 1 aromatic carbocycles. The van der Waals surface area contributed by atoms with Gasteiger partial charge in [0, 0.05) is 36.6 Å². The highest BCUT2D eigenvalue weighted by Gasteiger charge is 2.27. The van der Waals surface area contributed by atoms with Crippen molar-refractivity contribution in [2.75, 3.05) is 23.7 Å². The van der Waals surface area contributed by atoms with Crippen LogP contribution in [-0.2, 0) is 4.79 Å². The Labute approximate surface area is 163 Å². The van der Waals surface area contributed by atoms with E-state index in [2.05, 4.69) is 22.2 Å². The molecule has 2 amide bonds. The summed E-state index contributed by atoms with van der Waals surface area (Å²) < 4.78 is 0.